The summed E-state index contributed by atoms with van der Waals surface area (Å²) in [5, 5.41) is 56.9. The van der Waals surface area contributed by atoms with Crippen LogP contribution in [0.2, 0.25) is 0 Å². The highest BCUT2D eigenvalue weighted by Gasteiger charge is 2.44. The second kappa shape index (κ2) is 41.2. The normalized spacial score (nSPS) is 28.7. The Hall–Kier alpha value is -2.92. The molecule has 0 spiro atoms. The third-order valence-corrected chi connectivity index (χ3v) is 17.5. The zero-order valence-electron chi connectivity index (χ0n) is 48.5. The number of aromatic nitrogens is 2. The zero-order chi connectivity index (χ0) is 59.5. The van der Waals surface area contributed by atoms with E-state index in [1.165, 1.54) is 121 Å². The Morgan fingerprint density at radius 2 is 1.38 bits per heavy atom. The fraction of sp³-hybridized carbons (Fsp3) is 0.825. The number of hydrogen-bond donors (Lipinski definition) is 8. The van der Waals surface area contributed by atoms with E-state index in [9.17, 15) is 58.8 Å². The maximum atomic E-state index is 13.4. The van der Waals surface area contributed by atoms with Crippen LogP contribution in [0.4, 0.5) is 5.82 Å². The molecular weight excluding hydrogens is 1090 g/mol. The smallest absolute Gasteiger partial charge is 0.462 e. The quantitative estimate of drug-likeness (QED) is 0.0148. The molecule has 0 saturated carbocycles. The third kappa shape index (κ3) is 31.7. The van der Waals surface area contributed by atoms with Crippen molar-refractivity contribution >= 4 is 33.4 Å². The SMILES string of the molecule is CCCCC[C@H](O)/C=C/[C@H]1OC(O)C[C@H](O)[C@@H]2CC=CCCCC(=O)O[C@H](COC(=O)CCCCCCCCCCCCCCCCCCCCC(C)CC)COP(=O)(O)OP(=O)(O)OC[C@@H](O[C@H]2n2ccc(N)nc2=O)[C@@H](O)[C@H]1O. The van der Waals surface area contributed by atoms with Crippen LogP contribution in [0.25, 0.3) is 0 Å². The monoisotopic (exact) mass is 1190 g/mol. The topological polar surface area (TPSA) is 335 Å². The number of nitrogens with zero attached hydrogens (tertiary/aromatic N) is 2. The number of allylic oxidation sites excluding steroid dienone is 2. The Labute approximate surface area is 480 Å². The number of ether oxygens (including phenoxy) is 4. The van der Waals surface area contributed by atoms with Gasteiger partial charge in [-0.05, 0) is 44.1 Å². The molecular formula is C57H101N3O19P2. The summed E-state index contributed by atoms with van der Waals surface area (Å²) >= 11 is 0. The van der Waals surface area contributed by atoms with E-state index in [1.54, 1.807) is 12.2 Å². The summed E-state index contributed by atoms with van der Waals surface area (Å²) in [6.07, 6.45) is 18.1. The summed E-state index contributed by atoms with van der Waals surface area (Å²) in [7, 11) is -11.3. The first-order chi connectivity index (χ1) is 38.7. The van der Waals surface area contributed by atoms with Gasteiger partial charge in [0.25, 0.3) is 0 Å². The van der Waals surface area contributed by atoms with Crippen molar-refractivity contribution in [2.75, 3.05) is 25.6 Å². The molecule has 2 bridgehead atoms. The van der Waals surface area contributed by atoms with E-state index in [2.05, 4.69) is 23.1 Å². The number of phosphoric acid groups is 2. The van der Waals surface area contributed by atoms with Crippen LogP contribution < -0.4 is 11.4 Å². The van der Waals surface area contributed by atoms with Crippen molar-refractivity contribution in [3.05, 3.63) is 47.1 Å². The minimum absolute atomic E-state index is 0.0781. The van der Waals surface area contributed by atoms with Crippen molar-refractivity contribution in [3.8, 4) is 0 Å². The minimum Gasteiger partial charge on any atom is -0.462 e. The second-order valence-electron chi connectivity index (χ2n) is 22.0. The summed E-state index contributed by atoms with van der Waals surface area (Å²) in [5.41, 5.74) is 4.77. The number of cyclic esters (lactones) is 1. The van der Waals surface area contributed by atoms with Gasteiger partial charge in [-0.25, -0.2) is 13.9 Å². The van der Waals surface area contributed by atoms with Gasteiger partial charge in [-0.1, -0.05) is 186 Å². The molecule has 3 rings (SSSR count). The molecule has 1 saturated heterocycles. The Morgan fingerprint density at radius 3 is 1.98 bits per heavy atom. The van der Waals surface area contributed by atoms with Crippen molar-refractivity contribution in [1.82, 2.24) is 9.55 Å². The molecule has 9 N–H and O–H groups in total. The number of rotatable bonds is 31. The summed E-state index contributed by atoms with van der Waals surface area (Å²) in [5.74, 6) is -1.97. The first-order valence-corrected chi connectivity index (χ1v) is 33.1. The van der Waals surface area contributed by atoms with Gasteiger partial charge in [-0.15, -0.1) is 0 Å². The van der Waals surface area contributed by atoms with Crippen molar-refractivity contribution in [2.24, 2.45) is 11.8 Å². The lowest BCUT2D eigenvalue weighted by atomic mass is 9.92. The molecule has 2 aliphatic heterocycles. The zero-order valence-corrected chi connectivity index (χ0v) is 50.3. The third-order valence-electron chi connectivity index (χ3n) is 14.9. The molecule has 24 heteroatoms. The molecule has 0 aromatic carbocycles. The van der Waals surface area contributed by atoms with Crippen molar-refractivity contribution in [3.63, 3.8) is 0 Å². The number of nitrogen functional groups attached to an aromatic ring is 1. The number of carbonyl (C=O) groups excluding carboxylic acids is 2. The number of anilines is 1. The Bertz CT molecular complexity index is 2100. The molecule has 81 heavy (non-hydrogen) atoms. The molecule has 3 heterocycles. The van der Waals surface area contributed by atoms with Crippen LogP contribution in [0.1, 0.15) is 220 Å². The number of hydrogen-bond acceptors (Lipinski definition) is 19. The summed E-state index contributed by atoms with van der Waals surface area (Å²) in [6.45, 7) is 3.85. The van der Waals surface area contributed by atoms with Gasteiger partial charge in [0.05, 0.1) is 25.4 Å². The average molecular weight is 1190 g/mol. The van der Waals surface area contributed by atoms with Gasteiger partial charge in [0, 0.05) is 31.4 Å². The first kappa shape index (κ1) is 72.3. The van der Waals surface area contributed by atoms with E-state index in [-0.39, 0.29) is 37.9 Å². The summed E-state index contributed by atoms with van der Waals surface area (Å²) < 4.78 is 64.9. The first-order valence-electron chi connectivity index (χ1n) is 30.1. The number of carbonyl (C=O) groups is 2. The van der Waals surface area contributed by atoms with Crippen LogP contribution in [-0.2, 0) is 51.0 Å². The average Bonchev–Trinajstić information content (AvgIpc) is 3.43. The highest BCUT2D eigenvalue weighted by Crippen LogP contribution is 2.60. The van der Waals surface area contributed by atoms with Crippen molar-refractivity contribution in [2.45, 2.75) is 269 Å². The molecule has 13 atom stereocenters. The number of aliphatic hydroxyl groups is 5. The van der Waals surface area contributed by atoms with Crippen LogP contribution in [-0.4, -0.2) is 126 Å². The van der Waals surface area contributed by atoms with Crippen molar-refractivity contribution < 1.29 is 86.3 Å². The van der Waals surface area contributed by atoms with Gasteiger partial charge in [-0.2, -0.15) is 9.29 Å². The predicted molar refractivity (Wildman–Crippen MR) is 306 cm³/mol. The Kier molecular flexibility index (Phi) is 36.8. The van der Waals surface area contributed by atoms with E-state index < -0.39 is 121 Å². The van der Waals surface area contributed by atoms with Crippen LogP contribution in [0, 0.1) is 11.8 Å². The Balaban J connectivity index is 1.62. The fourth-order valence-corrected chi connectivity index (χ4v) is 11.8. The minimum atomic E-state index is -5.73. The molecule has 468 valence electrons. The van der Waals surface area contributed by atoms with Gasteiger partial charge < -0.3 is 60.0 Å². The lowest BCUT2D eigenvalue weighted by molar-refractivity contribution is -0.192. The lowest BCUT2D eigenvalue weighted by Gasteiger charge is -2.36. The molecule has 4 unspecified atom stereocenters. The molecule has 1 fully saturated rings. The van der Waals surface area contributed by atoms with Gasteiger partial charge in [0.2, 0.25) is 0 Å². The second-order valence-corrected chi connectivity index (χ2v) is 25.0. The number of aliphatic hydroxyl groups excluding tert-OH is 5. The molecule has 0 amide bonds. The van der Waals surface area contributed by atoms with E-state index in [4.69, 9.17) is 33.7 Å². The maximum Gasteiger partial charge on any atom is 0.481 e. The lowest BCUT2D eigenvalue weighted by Crippen LogP contribution is -2.49. The van der Waals surface area contributed by atoms with Crippen LogP contribution in [0.15, 0.2) is 41.4 Å². The number of nitrogens with two attached hydrogens (primary N) is 1. The molecule has 2 aliphatic rings. The predicted octanol–water partition coefficient (Wildman–Crippen LogP) is 9.70. The standard InChI is InChI=1S/C57H101N3O19P2/c1-4-6-25-31-44(61)35-36-48-54(66)55(67)49-42-75-81(71,72)79-80(69,70)74-41-45(40-73-51(63)33-28-22-20-18-16-14-12-10-8-7-9-11-13-15-17-19-21-26-30-43(3)5-2)76-52(64)34-29-24-23-27-32-46(47(62)39-53(65)77-48)56(78-49)60-38-37-50(58)59-57(60)68/h23,27,35-38,43-49,53-56,61-62,65-67H,4-22,24-26,28-34,39-42H2,1-3H3,(H,69,70)(H,71,72)(H2,58,59,68)/b27-23?,36-35+/t43?,44-,45+,46-,47-,48+,49+,53?,54-,55+,56+/m0/s1. The van der Waals surface area contributed by atoms with E-state index in [0.29, 0.717) is 19.3 Å². The largest absolute Gasteiger partial charge is 0.481 e. The maximum absolute atomic E-state index is 13.4. The van der Waals surface area contributed by atoms with E-state index >= 15 is 0 Å². The van der Waals surface area contributed by atoms with Crippen LogP contribution in [0.3, 0.4) is 0 Å². The highest BCUT2D eigenvalue weighted by molar-refractivity contribution is 7.61. The highest BCUT2D eigenvalue weighted by atomic mass is 31.3. The molecule has 0 radical (unpaired) electrons. The molecule has 22 nitrogen and oxygen atoms in total. The molecule has 0 aliphatic carbocycles. The number of phosphoric ester groups is 2. The summed E-state index contributed by atoms with van der Waals surface area (Å²) in [4.78, 5) is 64.4. The van der Waals surface area contributed by atoms with E-state index in [0.717, 1.165) is 49.0 Å². The van der Waals surface area contributed by atoms with E-state index in [1.807, 2.05) is 6.92 Å². The van der Waals surface area contributed by atoms with Gasteiger partial charge in [0.15, 0.2) is 12.4 Å². The molecule has 1 aromatic heterocycles. The van der Waals surface area contributed by atoms with Gasteiger partial charge >= 0.3 is 33.3 Å². The van der Waals surface area contributed by atoms with Crippen molar-refractivity contribution in [1.29, 1.82) is 0 Å². The van der Waals surface area contributed by atoms with Crippen LogP contribution >= 0.6 is 15.6 Å². The van der Waals surface area contributed by atoms with Gasteiger partial charge in [0.1, 0.15) is 43.1 Å². The summed E-state index contributed by atoms with van der Waals surface area (Å²) in [6, 6.07) is 1.23. The number of fused-ring (bicyclic) bond motifs is 3. The van der Waals surface area contributed by atoms with Crippen LogP contribution in [0.5, 0.6) is 0 Å². The number of unbranched alkanes of at least 4 members (excludes halogenated alkanes) is 19. The molecule has 1 aromatic rings. The fourth-order valence-electron chi connectivity index (χ4n) is 9.73. The Morgan fingerprint density at radius 1 is 0.802 bits per heavy atom. The number of esters is 2. The van der Waals surface area contributed by atoms with Gasteiger partial charge in [-0.3, -0.25) is 23.2 Å².